The summed E-state index contributed by atoms with van der Waals surface area (Å²) in [7, 11) is 0. The zero-order chi connectivity index (χ0) is 23.9. The van der Waals surface area contributed by atoms with Crippen molar-refractivity contribution < 1.29 is 32.2 Å². The largest absolute Gasteiger partial charge is 0.478 e. The van der Waals surface area contributed by atoms with Gasteiger partial charge in [-0.1, -0.05) is 44.5 Å². The topological polar surface area (TPSA) is 46.5 Å². The highest BCUT2D eigenvalue weighted by Crippen LogP contribution is 2.50. The maximum atomic E-state index is 13.8. The molecule has 1 fully saturated rings. The van der Waals surface area contributed by atoms with Crippen molar-refractivity contribution in [1.82, 2.24) is 0 Å². The van der Waals surface area contributed by atoms with Gasteiger partial charge in [-0.05, 0) is 60.9 Å². The molecule has 1 N–H and O–H groups in total. The number of alkyl halides is 3. The van der Waals surface area contributed by atoms with Crippen LogP contribution in [0.4, 0.5) is 17.6 Å². The van der Waals surface area contributed by atoms with Crippen LogP contribution in [-0.2, 0) is 16.6 Å². The third-order valence-electron chi connectivity index (χ3n) is 6.07. The smallest absolute Gasteiger partial charge is 0.419 e. The van der Waals surface area contributed by atoms with Crippen LogP contribution in [0, 0.1) is 23.1 Å². The summed E-state index contributed by atoms with van der Waals surface area (Å²) in [5, 5.41) is 10.8. The monoisotopic (exact) mass is 472 g/mol. The van der Waals surface area contributed by atoms with Crippen molar-refractivity contribution in [2.75, 3.05) is 0 Å². The Kier molecular flexibility index (Phi) is 6.53. The number of carboxylic acids is 1. The second-order valence-electron chi connectivity index (χ2n) is 9.40. The number of aliphatic carboxylic acids is 1. The molecule has 2 aromatic carbocycles. The summed E-state index contributed by atoms with van der Waals surface area (Å²) in [5.41, 5.74) is -3.42. The van der Waals surface area contributed by atoms with E-state index in [1.165, 1.54) is 24.3 Å². The molecule has 1 aliphatic rings. The van der Waals surface area contributed by atoms with Crippen LogP contribution in [0.2, 0.25) is 5.02 Å². The molecule has 0 amide bonds. The van der Waals surface area contributed by atoms with Crippen molar-refractivity contribution >= 4 is 17.6 Å². The standard InChI is InChI=1S/C24H25ClF4O3/c1-14-10-16(13-22(2,3)12-14)23(21(30)31,15-4-6-17(25)7-5-15)32-18-8-9-20(26)19(11-18)24(27,28)29/h4-9,11,14,16H,10,12-13H2,1-3H3,(H,30,31). The van der Waals surface area contributed by atoms with Gasteiger partial charge in [-0.2, -0.15) is 13.2 Å². The van der Waals surface area contributed by atoms with Crippen molar-refractivity contribution in [1.29, 1.82) is 0 Å². The second kappa shape index (κ2) is 8.58. The van der Waals surface area contributed by atoms with Gasteiger partial charge in [-0.15, -0.1) is 0 Å². The van der Waals surface area contributed by atoms with E-state index in [4.69, 9.17) is 16.3 Å². The lowest BCUT2D eigenvalue weighted by Gasteiger charge is -2.46. The zero-order valence-corrected chi connectivity index (χ0v) is 18.7. The van der Waals surface area contributed by atoms with Crippen molar-refractivity contribution in [2.45, 2.75) is 51.8 Å². The fourth-order valence-corrected chi connectivity index (χ4v) is 5.17. The molecule has 0 aliphatic heterocycles. The van der Waals surface area contributed by atoms with Crippen LogP contribution in [0.3, 0.4) is 0 Å². The first-order chi connectivity index (χ1) is 14.7. The highest BCUT2D eigenvalue weighted by atomic mass is 35.5. The minimum absolute atomic E-state index is 0.178. The number of halogens is 5. The molecule has 0 saturated heterocycles. The summed E-state index contributed by atoms with van der Waals surface area (Å²) in [6.45, 7) is 6.08. The maximum Gasteiger partial charge on any atom is 0.419 e. The Hall–Kier alpha value is -2.28. The Bertz CT molecular complexity index is 988. The molecule has 3 unspecified atom stereocenters. The zero-order valence-electron chi connectivity index (χ0n) is 18.0. The summed E-state index contributed by atoms with van der Waals surface area (Å²) < 4.78 is 59.6. The Morgan fingerprint density at radius 1 is 1.12 bits per heavy atom. The van der Waals surface area contributed by atoms with E-state index in [2.05, 4.69) is 0 Å². The number of hydrogen-bond donors (Lipinski definition) is 1. The summed E-state index contributed by atoms with van der Waals surface area (Å²) in [6.07, 6.45) is -3.07. The molecule has 174 valence electrons. The summed E-state index contributed by atoms with van der Waals surface area (Å²) >= 11 is 5.99. The summed E-state index contributed by atoms with van der Waals surface area (Å²) in [4.78, 5) is 12.8. The first-order valence-electron chi connectivity index (χ1n) is 10.3. The van der Waals surface area contributed by atoms with Gasteiger partial charge in [0, 0.05) is 16.5 Å². The summed E-state index contributed by atoms with van der Waals surface area (Å²) in [6, 6.07) is 8.23. The van der Waals surface area contributed by atoms with Gasteiger partial charge in [0.25, 0.3) is 0 Å². The van der Waals surface area contributed by atoms with E-state index in [0.717, 1.165) is 12.5 Å². The highest BCUT2D eigenvalue weighted by Gasteiger charge is 2.53. The van der Waals surface area contributed by atoms with Crippen LogP contribution < -0.4 is 4.74 Å². The fraction of sp³-hybridized carbons (Fsp3) is 0.458. The van der Waals surface area contributed by atoms with Crippen molar-refractivity contribution in [3.8, 4) is 5.75 Å². The van der Waals surface area contributed by atoms with E-state index in [1.807, 2.05) is 20.8 Å². The quantitative estimate of drug-likeness (QED) is 0.464. The second-order valence-corrected chi connectivity index (χ2v) is 9.84. The lowest BCUT2D eigenvalue weighted by molar-refractivity contribution is -0.166. The van der Waals surface area contributed by atoms with E-state index in [-0.39, 0.29) is 22.6 Å². The van der Waals surface area contributed by atoms with Crippen LogP contribution in [0.5, 0.6) is 5.75 Å². The highest BCUT2D eigenvalue weighted by molar-refractivity contribution is 6.30. The lowest BCUT2D eigenvalue weighted by atomic mass is 9.62. The molecule has 3 atom stereocenters. The molecule has 1 aliphatic carbocycles. The van der Waals surface area contributed by atoms with Crippen molar-refractivity contribution in [2.24, 2.45) is 17.3 Å². The number of hydrogen-bond acceptors (Lipinski definition) is 2. The minimum Gasteiger partial charge on any atom is -0.478 e. The molecule has 1 saturated carbocycles. The van der Waals surface area contributed by atoms with Crippen LogP contribution in [0.1, 0.15) is 51.2 Å². The first kappa shape index (κ1) is 24.4. The average molecular weight is 473 g/mol. The molecule has 0 aromatic heterocycles. The Balaban J connectivity index is 2.18. The molecule has 2 aromatic rings. The van der Waals surface area contributed by atoms with Crippen LogP contribution in [0.15, 0.2) is 42.5 Å². The molecule has 32 heavy (non-hydrogen) atoms. The van der Waals surface area contributed by atoms with E-state index < -0.39 is 35.0 Å². The normalized spacial score (nSPS) is 22.8. The number of rotatable bonds is 5. The number of carboxylic acid groups (broad SMARTS) is 1. The predicted octanol–water partition coefficient (Wildman–Crippen LogP) is 7.32. The minimum atomic E-state index is -4.95. The van der Waals surface area contributed by atoms with Gasteiger partial charge in [-0.3, -0.25) is 0 Å². The molecule has 0 radical (unpaired) electrons. The van der Waals surface area contributed by atoms with E-state index in [0.29, 0.717) is 30.0 Å². The number of ether oxygens (including phenoxy) is 1. The van der Waals surface area contributed by atoms with Crippen molar-refractivity contribution in [3.63, 3.8) is 0 Å². The number of carbonyl (C=O) groups is 1. The molecule has 0 spiro atoms. The van der Waals surface area contributed by atoms with E-state index in [1.54, 1.807) is 0 Å². The number of benzene rings is 2. The van der Waals surface area contributed by atoms with E-state index in [9.17, 15) is 27.5 Å². The van der Waals surface area contributed by atoms with Gasteiger partial charge in [0.15, 0.2) is 0 Å². The SMILES string of the molecule is CC1CC(C(Oc2ccc(F)c(C(F)(F)F)c2)(C(=O)O)c2ccc(Cl)cc2)CC(C)(C)C1. The molecular weight excluding hydrogens is 448 g/mol. The van der Waals surface area contributed by atoms with Crippen LogP contribution in [-0.4, -0.2) is 11.1 Å². The van der Waals surface area contributed by atoms with Gasteiger partial charge in [0.2, 0.25) is 5.60 Å². The molecule has 3 nitrogen and oxygen atoms in total. The van der Waals surface area contributed by atoms with Gasteiger partial charge in [-0.25, -0.2) is 9.18 Å². The average Bonchev–Trinajstić information content (AvgIpc) is 2.65. The van der Waals surface area contributed by atoms with Gasteiger partial charge in [0.1, 0.15) is 11.6 Å². The third kappa shape index (κ3) is 4.87. The molecule has 8 heteroatoms. The Labute approximate surface area is 189 Å². The predicted molar refractivity (Wildman–Crippen MR) is 113 cm³/mol. The molecule has 0 bridgehead atoms. The van der Waals surface area contributed by atoms with Crippen molar-refractivity contribution in [3.05, 3.63) is 64.4 Å². The first-order valence-corrected chi connectivity index (χ1v) is 10.7. The van der Waals surface area contributed by atoms with Gasteiger partial charge >= 0.3 is 12.1 Å². The Morgan fingerprint density at radius 3 is 2.28 bits per heavy atom. The molecule has 3 rings (SSSR count). The maximum absolute atomic E-state index is 13.8. The third-order valence-corrected chi connectivity index (χ3v) is 6.33. The Morgan fingerprint density at radius 2 is 1.75 bits per heavy atom. The van der Waals surface area contributed by atoms with Crippen LogP contribution in [0.25, 0.3) is 0 Å². The van der Waals surface area contributed by atoms with E-state index >= 15 is 0 Å². The lowest BCUT2D eigenvalue weighted by Crippen LogP contribution is -2.51. The van der Waals surface area contributed by atoms with Crippen LogP contribution >= 0.6 is 11.6 Å². The molecule has 0 heterocycles. The van der Waals surface area contributed by atoms with Gasteiger partial charge in [0.05, 0.1) is 5.56 Å². The molecular formula is C24H25ClF4O3. The van der Waals surface area contributed by atoms with Gasteiger partial charge < -0.3 is 9.84 Å². The fourth-order valence-electron chi connectivity index (χ4n) is 5.04. The summed E-state index contributed by atoms with van der Waals surface area (Å²) in [5.74, 6) is -3.51.